The Kier molecular flexibility index (Phi) is 3.77. The quantitative estimate of drug-likeness (QED) is 0.643. The summed E-state index contributed by atoms with van der Waals surface area (Å²) in [6.45, 7) is 2.12. The first-order valence-corrected chi connectivity index (χ1v) is 9.76. The third-order valence-electron chi connectivity index (χ3n) is 6.63. The SMILES string of the molecule is CNC1[C@H]2CN(c3ccc4c(c3)CCCc3c-4[nH]c(=O)c(C(=O)O)c3O)C[C@@H]12. The molecule has 1 unspecified atom stereocenters. The Balaban J connectivity index is 1.53. The predicted molar refractivity (Wildman–Crippen MR) is 105 cm³/mol. The smallest absolute Gasteiger partial charge is 0.345 e. The number of carbonyl (C=O) groups is 1. The molecule has 0 spiro atoms. The normalized spacial score (nSPS) is 24.9. The van der Waals surface area contributed by atoms with Gasteiger partial charge in [-0.1, -0.05) is 6.07 Å². The monoisotopic (exact) mass is 381 g/mol. The number of nitrogens with one attached hydrogen (secondary N) is 2. The number of fused-ring (bicyclic) bond motifs is 4. The molecule has 0 amide bonds. The van der Waals surface area contributed by atoms with Crippen molar-refractivity contribution < 1.29 is 15.0 Å². The van der Waals surface area contributed by atoms with Gasteiger partial charge < -0.3 is 25.4 Å². The molecule has 1 aliphatic heterocycles. The number of hydrogen-bond acceptors (Lipinski definition) is 5. The largest absolute Gasteiger partial charge is 0.506 e. The number of H-pyrrole nitrogens is 1. The maximum atomic E-state index is 12.2. The Bertz CT molecular complexity index is 1030. The molecule has 7 heteroatoms. The molecule has 5 rings (SSSR count). The van der Waals surface area contributed by atoms with Crippen LogP contribution in [-0.4, -0.2) is 47.3 Å². The third-order valence-corrected chi connectivity index (χ3v) is 6.63. The molecule has 1 aromatic carbocycles. The molecule has 1 saturated heterocycles. The number of carboxylic acid groups (broad SMARTS) is 1. The van der Waals surface area contributed by atoms with Gasteiger partial charge in [0.25, 0.3) is 5.56 Å². The third kappa shape index (κ3) is 2.46. The van der Waals surface area contributed by atoms with E-state index in [0.29, 0.717) is 23.7 Å². The topological polar surface area (TPSA) is 106 Å². The van der Waals surface area contributed by atoms with E-state index >= 15 is 0 Å². The van der Waals surface area contributed by atoms with Crippen LogP contribution in [0, 0.1) is 11.8 Å². The van der Waals surface area contributed by atoms with Crippen LogP contribution in [0.4, 0.5) is 5.69 Å². The zero-order chi connectivity index (χ0) is 19.6. The minimum Gasteiger partial charge on any atom is -0.506 e. The van der Waals surface area contributed by atoms with Crippen LogP contribution in [-0.2, 0) is 12.8 Å². The maximum absolute atomic E-state index is 12.2. The van der Waals surface area contributed by atoms with Gasteiger partial charge in [-0.25, -0.2) is 4.79 Å². The highest BCUT2D eigenvalue weighted by atomic mass is 16.4. The fourth-order valence-corrected chi connectivity index (χ4v) is 5.15. The highest BCUT2D eigenvalue weighted by molar-refractivity contribution is 5.92. The Morgan fingerprint density at radius 1 is 1.25 bits per heavy atom. The van der Waals surface area contributed by atoms with Gasteiger partial charge in [0.05, 0.1) is 5.69 Å². The first-order chi connectivity index (χ1) is 13.5. The summed E-state index contributed by atoms with van der Waals surface area (Å²) in [4.78, 5) is 28.7. The number of anilines is 1. The zero-order valence-corrected chi connectivity index (χ0v) is 15.7. The standard InChI is InChI=1S/C21H23N3O4/c1-22-17-14-8-24(9-15(14)17)11-5-6-12-10(7-11)3-2-4-13-18(12)23-20(26)16(19(13)25)21(27)28/h5-7,14-15,17,22H,2-4,8-9H2,1H3,(H,27,28)(H2,23,25,26)/t14-,15+,17?. The van der Waals surface area contributed by atoms with Gasteiger partial charge >= 0.3 is 5.97 Å². The number of piperidine rings is 1. The number of aromatic hydroxyl groups is 1. The molecule has 3 atom stereocenters. The number of aromatic amines is 1. The van der Waals surface area contributed by atoms with Gasteiger partial charge in [0, 0.05) is 35.9 Å². The lowest BCUT2D eigenvalue weighted by Crippen LogP contribution is -2.29. The van der Waals surface area contributed by atoms with E-state index in [1.165, 1.54) is 5.69 Å². The van der Waals surface area contributed by atoms with Crippen molar-refractivity contribution in [3.8, 4) is 17.0 Å². The molecule has 3 aliphatic rings. The van der Waals surface area contributed by atoms with E-state index in [0.717, 1.165) is 48.9 Å². The van der Waals surface area contributed by atoms with Gasteiger partial charge in [-0.15, -0.1) is 0 Å². The van der Waals surface area contributed by atoms with E-state index in [9.17, 15) is 19.8 Å². The second kappa shape index (κ2) is 6.10. The van der Waals surface area contributed by atoms with Crippen molar-refractivity contribution in [2.75, 3.05) is 25.0 Å². The molecule has 1 aromatic heterocycles. The van der Waals surface area contributed by atoms with Crippen molar-refractivity contribution in [2.45, 2.75) is 25.3 Å². The summed E-state index contributed by atoms with van der Waals surface area (Å²) >= 11 is 0. The Labute approximate surface area is 162 Å². The first kappa shape index (κ1) is 17.3. The van der Waals surface area contributed by atoms with Crippen molar-refractivity contribution in [3.05, 3.63) is 45.2 Å². The molecule has 146 valence electrons. The average molecular weight is 381 g/mol. The molecule has 0 radical (unpaired) electrons. The number of rotatable bonds is 3. The van der Waals surface area contributed by atoms with Gasteiger partial charge in [-0.2, -0.15) is 0 Å². The molecule has 4 N–H and O–H groups in total. The summed E-state index contributed by atoms with van der Waals surface area (Å²) in [5, 5.41) is 23.1. The zero-order valence-electron chi connectivity index (χ0n) is 15.7. The molecule has 28 heavy (non-hydrogen) atoms. The molecule has 2 fully saturated rings. The number of hydrogen-bond donors (Lipinski definition) is 4. The van der Waals surface area contributed by atoms with E-state index in [4.69, 9.17) is 0 Å². The van der Waals surface area contributed by atoms with Gasteiger partial charge in [0.1, 0.15) is 5.75 Å². The number of pyridine rings is 1. The van der Waals surface area contributed by atoms with Crippen LogP contribution in [0.15, 0.2) is 23.0 Å². The Morgan fingerprint density at radius 3 is 2.68 bits per heavy atom. The van der Waals surface area contributed by atoms with Crippen LogP contribution < -0.4 is 15.8 Å². The van der Waals surface area contributed by atoms with E-state index in [1.54, 1.807) is 0 Å². The second-order valence-electron chi connectivity index (χ2n) is 8.08. The van der Waals surface area contributed by atoms with Crippen molar-refractivity contribution in [1.82, 2.24) is 10.3 Å². The lowest BCUT2D eigenvalue weighted by Gasteiger charge is -2.23. The summed E-state index contributed by atoms with van der Waals surface area (Å²) in [5.74, 6) is -0.352. The summed E-state index contributed by atoms with van der Waals surface area (Å²) in [7, 11) is 2.03. The van der Waals surface area contributed by atoms with Crippen LogP contribution >= 0.6 is 0 Å². The van der Waals surface area contributed by atoms with Crippen molar-refractivity contribution in [2.24, 2.45) is 11.8 Å². The number of aryl methyl sites for hydroxylation is 1. The van der Waals surface area contributed by atoms with Crippen LogP contribution in [0.5, 0.6) is 5.75 Å². The van der Waals surface area contributed by atoms with Crippen LogP contribution in [0.1, 0.15) is 27.9 Å². The molecule has 0 bridgehead atoms. The van der Waals surface area contributed by atoms with Crippen LogP contribution in [0.2, 0.25) is 0 Å². The Morgan fingerprint density at radius 2 is 2.00 bits per heavy atom. The molecular formula is C21H23N3O4. The lowest BCUT2D eigenvalue weighted by atomic mass is 9.99. The molecule has 7 nitrogen and oxygen atoms in total. The lowest BCUT2D eigenvalue weighted by molar-refractivity contribution is 0.0691. The predicted octanol–water partition coefficient (Wildman–Crippen LogP) is 1.59. The minimum atomic E-state index is -1.41. The van der Waals surface area contributed by atoms with Gasteiger partial charge in [-0.3, -0.25) is 4.79 Å². The summed E-state index contributed by atoms with van der Waals surface area (Å²) in [6.07, 6.45) is 2.14. The van der Waals surface area contributed by atoms with E-state index in [1.807, 2.05) is 13.1 Å². The second-order valence-corrected chi connectivity index (χ2v) is 8.08. The highest BCUT2D eigenvalue weighted by Crippen LogP contribution is 2.47. The summed E-state index contributed by atoms with van der Waals surface area (Å²) < 4.78 is 0. The van der Waals surface area contributed by atoms with Gasteiger partial charge in [0.2, 0.25) is 0 Å². The first-order valence-electron chi connectivity index (χ1n) is 9.76. The van der Waals surface area contributed by atoms with Crippen LogP contribution in [0.3, 0.4) is 0 Å². The van der Waals surface area contributed by atoms with E-state index in [2.05, 4.69) is 27.3 Å². The molecule has 2 aliphatic carbocycles. The van der Waals surface area contributed by atoms with E-state index in [-0.39, 0.29) is 0 Å². The number of carboxylic acids is 1. The molecule has 1 saturated carbocycles. The van der Waals surface area contributed by atoms with Gasteiger partial charge in [0.15, 0.2) is 5.56 Å². The fraction of sp³-hybridized carbons (Fsp3) is 0.429. The number of aromatic nitrogens is 1. The van der Waals surface area contributed by atoms with E-state index < -0.39 is 22.8 Å². The van der Waals surface area contributed by atoms with Crippen molar-refractivity contribution >= 4 is 11.7 Å². The molecule has 2 heterocycles. The van der Waals surface area contributed by atoms with Crippen molar-refractivity contribution in [3.63, 3.8) is 0 Å². The Hall–Kier alpha value is -2.80. The highest BCUT2D eigenvalue weighted by Gasteiger charge is 2.54. The summed E-state index contributed by atoms with van der Waals surface area (Å²) in [6, 6.07) is 6.89. The number of nitrogens with zero attached hydrogens (tertiary/aromatic N) is 1. The van der Waals surface area contributed by atoms with Crippen molar-refractivity contribution in [1.29, 1.82) is 0 Å². The number of aromatic carboxylic acids is 1. The summed E-state index contributed by atoms with van der Waals surface area (Å²) in [5.41, 5.74) is 2.91. The fourth-order valence-electron chi connectivity index (χ4n) is 5.15. The molecular weight excluding hydrogens is 358 g/mol. The maximum Gasteiger partial charge on any atom is 0.345 e. The average Bonchev–Trinajstić information content (AvgIpc) is 3.21. The minimum absolute atomic E-state index is 0.402. The van der Waals surface area contributed by atoms with Crippen LogP contribution in [0.25, 0.3) is 11.3 Å². The molecule has 2 aromatic rings. The number of benzene rings is 1. The van der Waals surface area contributed by atoms with Gasteiger partial charge in [-0.05, 0) is 55.8 Å².